The summed E-state index contributed by atoms with van der Waals surface area (Å²) >= 11 is 0. The zero-order valence-corrected chi connectivity index (χ0v) is 15.8. The van der Waals surface area contributed by atoms with Gasteiger partial charge in [-0.15, -0.1) is 0 Å². The van der Waals surface area contributed by atoms with Gasteiger partial charge in [-0.3, -0.25) is 9.89 Å². The van der Waals surface area contributed by atoms with Gasteiger partial charge in [-0.2, -0.15) is 0 Å². The van der Waals surface area contributed by atoms with Crippen LogP contribution < -0.4 is 10.5 Å². The Bertz CT molecular complexity index is 1050. The summed E-state index contributed by atoms with van der Waals surface area (Å²) in [6, 6.07) is 1.36. The lowest BCUT2D eigenvalue weighted by atomic mass is 9.95. The molecule has 1 unspecified atom stereocenters. The maximum Gasteiger partial charge on any atom is 0.238 e. The van der Waals surface area contributed by atoms with E-state index in [1.807, 2.05) is 17.1 Å². The Morgan fingerprint density at radius 1 is 1.36 bits per heavy atom. The molecule has 0 amide bonds. The summed E-state index contributed by atoms with van der Waals surface area (Å²) in [5.74, 6) is -1.18. The van der Waals surface area contributed by atoms with E-state index in [9.17, 15) is 17.2 Å². The molecule has 2 aliphatic heterocycles. The summed E-state index contributed by atoms with van der Waals surface area (Å²) in [7, 11) is -2.60. The number of hydrogen-bond acceptors (Lipinski definition) is 6. The maximum atomic E-state index is 14.4. The number of rotatable bonds is 4. The van der Waals surface area contributed by atoms with Crippen LogP contribution in [-0.2, 0) is 21.3 Å². The van der Waals surface area contributed by atoms with Gasteiger partial charge in [0.05, 0.1) is 30.4 Å². The van der Waals surface area contributed by atoms with Crippen molar-refractivity contribution in [3.8, 4) is 0 Å². The second-order valence-corrected chi connectivity index (χ2v) is 8.28. The van der Waals surface area contributed by atoms with Gasteiger partial charge in [0.15, 0.2) is 0 Å². The molecular formula is C18H18F2N4O3S. The van der Waals surface area contributed by atoms with Crippen LogP contribution in [0.5, 0.6) is 0 Å². The first-order chi connectivity index (χ1) is 13.3. The Labute approximate surface area is 160 Å². The van der Waals surface area contributed by atoms with Gasteiger partial charge >= 0.3 is 0 Å². The first-order valence-corrected chi connectivity index (χ1v) is 10.0. The van der Waals surface area contributed by atoms with Crippen LogP contribution in [0.15, 0.2) is 56.8 Å². The van der Waals surface area contributed by atoms with Crippen molar-refractivity contribution in [3.05, 3.63) is 64.1 Å². The van der Waals surface area contributed by atoms with Gasteiger partial charge in [-0.1, -0.05) is 0 Å². The predicted molar refractivity (Wildman–Crippen MR) is 98.6 cm³/mol. The summed E-state index contributed by atoms with van der Waals surface area (Å²) in [6.45, 7) is 0.784. The van der Waals surface area contributed by atoms with E-state index in [1.165, 1.54) is 0 Å². The van der Waals surface area contributed by atoms with Crippen LogP contribution in [0.4, 0.5) is 8.78 Å². The molecule has 0 saturated heterocycles. The van der Waals surface area contributed by atoms with E-state index in [0.717, 1.165) is 34.7 Å². The average molecular weight is 408 g/mol. The SMILES string of the molecule is COC1=CC2N=CC3=C(CN(Cc4c(F)cc(S(N)(=O)=O)cc4F)CN3)C2=C1. The topological polar surface area (TPSA) is 97.0 Å². The first-order valence-electron chi connectivity index (χ1n) is 8.47. The van der Waals surface area contributed by atoms with Crippen molar-refractivity contribution >= 4 is 16.2 Å². The Hall–Kier alpha value is -2.56. The third-order valence-corrected chi connectivity index (χ3v) is 5.80. The number of fused-ring (bicyclic) bond motifs is 2. The number of hydrogen-bond donors (Lipinski definition) is 2. The predicted octanol–water partition coefficient (Wildman–Crippen LogP) is 1.15. The number of nitrogens with one attached hydrogen (secondary N) is 1. The van der Waals surface area contributed by atoms with Gasteiger partial charge in [0, 0.05) is 24.9 Å². The standard InChI is InChI=1S/C18H18F2N4O3S/c1-27-10-2-12-13-7-24(9-23-18(13)6-22-17(12)3-10)8-14-15(19)4-11(5-16(14)20)28(21,25)26/h2-6,17,23H,7-9H2,1H3,(H2,21,25,26). The first kappa shape index (κ1) is 18.8. The summed E-state index contributed by atoms with van der Waals surface area (Å²) < 4.78 is 56.7. The minimum atomic E-state index is -4.18. The van der Waals surface area contributed by atoms with E-state index in [2.05, 4.69) is 10.3 Å². The molecule has 0 spiro atoms. The molecule has 3 aliphatic rings. The number of methoxy groups -OCH3 is 1. The molecule has 1 aromatic rings. The van der Waals surface area contributed by atoms with Crippen LogP contribution in [0.25, 0.3) is 0 Å². The molecule has 4 rings (SSSR count). The van der Waals surface area contributed by atoms with Crippen LogP contribution in [0.2, 0.25) is 0 Å². The van der Waals surface area contributed by atoms with Gasteiger partial charge in [0.1, 0.15) is 17.4 Å². The molecule has 1 aromatic carbocycles. The molecule has 3 N–H and O–H groups in total. The van der Waals surface area contributed by atoms with E-state index >= 15 is 0 Å². The number of aliphatic imine (C=N–C) groups is 1. The number of nitrogens with two attached hydrogens (primary N) is 1. The lowest BCUT2D eigenvalue weighted by Gasteiger charge is -2.34. The smallest absolute Gasteiger partial charge is 0.238 e. The molecule has 28 heavy (non-hydrogen) atoms. The largest absolute Gasteiger partial charge is 0.497 e. The van der Waals surface area contributed by atoms with Crippen LogP contribution >= 0.6 is 0 Å². The minimum Gasteiger partial charge on any atom is -0.497 e. The molecule has 0 bridgehead atoms. The van der Waals surface area contributed by atoms with Crippen molar-refractivity contribution in [2.24, 2.45) is 10.1 Å². The number of nitrogens with zero attached hydrogens (tertiary/aromatic N) is 2. The molecule has 0 saturated carbocycles. The van der Waals surface area contributed by atoms with Crippen LogP contribution in [-0.4, -0.2) is 45.9 Å². The van der Waals surface area contributed by atoms with Crippen LogP contribution in [0.3, 0.4) is 0 Å². The highest BCUT2D eigenvalue weighted by Crippen LogP contribution is 2.33. The molecule has 0 fully saturated rings. The molecular weight excluding hydrogens is 390 g/mol. The summed E-state index contributed by atoms with van der Waals surface area (Å²) in [5, 5.41) is 8.15. The van der Waals surface area contributed by atoms with Gasteiger partial charge in [0.2, 0.25) is 10.0 Å². The maximum absolute atomic E-state index is 14.4. The highest BCUT2D eigenvalue weighted by atomic mass is 32.2. The van der Waals surface area contributed by atoms with E-state index in [0.29, 0.717) is 13.2 Å². The highest BCUT2D eigenvalue weighted by Gasteiger charge is 2.31. The van der Waals surface area contributed by atoms with Crippen molar-refractivity contribution in [2.75, 3.05) is 20.3 Å². The summed E-state index contributed by atoms with van der Waals surface area (Å²) in [4.78, 5) is 5.70. The Kier molecular flexibility index (Phi) is 4.56. The van der Waals surface area contributed by atoms with Crippen molar-refractivity contribution in [1.82, 2.24) is 10.2 Å². The number of dihydropyridines is 1. The third kappa shape index (κ3) is 3.34. The van der Waals surface area contributed by atoms with Crippen LogP contribution in [0.1, 0.15) is 5.56 Å². The van der Waals surface area contributed by atoms with E-state index in [4.69, 9.17) is 9.88 Å². The van der Waals surface area contributed by atoms with Gasteiger partial charge in [-0.05, 0) is 35.4 Å². The van der Waals surface area contributed by atoms with Crippen molar-refractivity contribution < 1.29 is 21.9 Å². The molecule has 1 atom stereocenters. The fourth-order valence-electron chi connectivity index (χ4n) is 3.47. The Balaban J connectivity index is 1.58. The molecule has 10 heteroatoms. The second-order valence-electron chi connectivity index (χ2n) is 6.72. The monoisotopic (exact) mass is 408 g/mol. The lowest BCUT2D eigenvalue weighted by Crippen LogP contribution is -2.43. The normalized spacial score (nSPS) is 21.6. The van der Waals surface area contributed by atoms with Crippen molar-refractivity contribution in [2.45, 2.75) is 17.5 Å². The zero-order valence-electron chi connectivity index (χ0n) is 14.9. The fraction of sp³-hybridized carbons (Fsp3) is 0.278. The lowest BCUT2D eigenvalue weighted by molar-refractivity contribution is 0.254. The van der Waals surface area contributed by atoms with E-state index in [1.54, 1.807) is 13.3 Å². The van der Waals surface area contributed by atoms with Gasteiger partial charge in [-0.25, -0.2) is 22.3 Å². The van der Waals surface area contributed by atoms with Gasteiger partial charge in [0.25, 0.3) is 0 Å². The zero-order chi connectivity index (χ0) is 20.1. The van der Waals surface area contributed by atoms with E-state index < -0.39 is 26.6 Å². The van der Waals surface area contributed by atoms with Crippen molar-refractivity contribution in [3.63, 3.8) is 0 Å². The minimum absolute atomic E-state index is 0.0357. The van der Waals surface area contributed by atoms with Gasteiger partial charge < -0.3 is 10.1 Å². The molecule has 7 nitrogen and oxygen atoms in total. The number of allylic oxidation sites excluding steroid dienone is 2. The molecule has 0 aromatic heterocycles. The third-order valence-electron chi connectivity index (χ3n) is 4.91. The number of primary sulfonamides is 1. The number of halogens is 2. The van der Waals surface area contributed by atoms with E-state index in [-0.39, 0.29) is 18.2 Å². The summed E-state index contributed by atoms with van der Waals surface area (Å²) in [5.41, 5.74) is 2.62. The van der Waals surface area contributed by atoms with Crippen LogP contribution in [0, 0.1) is 11.6 Å². The number of benzene rings is 1. The molecule has 2 heterocycles. The summed E-state index contributed by atoms with van der Waals surface area (Å²) in [6.07, 6.45) is 5.56. The molecule has 1 aliphatic carbocycles. The highest BCUT2D eigenvalue weighted by molar-refractivity contribution is 7.89. The quantitative estimate of drug-likeness (QED) is 0.779. The molecule has 148 valence electrons. The Morgan fingerprint density at radius 2 is 2.07 bits per heavy atom. The average Bonchev–Trinajstić information content (AvgIpc) is 3.07. The molecule has 0 radical (unpaired) electrons. The Morgan fingerprint density at radius 3 is 2.71 bits per heavy atom. The number of ether oxygens (including phenoxy) is 1. The van der Waals surface area contributed by atoms with Crippen molar-refractivity contribution in [1.29, 1.82) is 0 Å². The fourth-order valence-corrected chi connectivity index (χ4v) is 4.01. The number of sulfonamides is 1. The second kappa shape index (κ2) is 6.80.